The zero-order chi connectivity index (χ0) is 18.2. The fourth-order valence-electron chi connectivity index (χ4n) is 2.68. The molecule has 7 heteroatoms. The number of halogens is 1. The van der Waals surface area contributed by atoms with Gasteiger partial charge in [-0.15, -0.1) is 0 Å². The molecule has 0 aliphatic heterocycles. The molecule has 0 radical (unpaired) electrons. The van der Waals surface area contributed by atoms with Crippen molar-refractivity contribution >= 4 is 17.6 Å². The highest BCUT2D eigenvalue weighted by atomic mass is 35.5. The fourth-order valence-corrected chi connectivity index (χ4v) is 2.79. The number of rotatable bonds is 7. The van der Waals surface area contributed by atoms with Crippen LogP contribution in [0.4, 0.5) is 0 Å². The molecule has 2 rings (SSSR count). The van der Waals surface area contributed by atoms with Gasteiger partial charge in [-0.05, 0) is 50.8 Å². The number of pyridine rings is 1. The van der Waals surface area contributed by atoms with Gasteiger partial charge in [0.25, 0.3) is 0 Å². The van der Waals surface area contributed by atoms with Gasteiger partial charge in [0.05, 0.1) is 5.69 Å². The maximum Gasteiger partial charge on any atom is 0.191 e. The van der Waals surface area contributed by atoms with Crippen LogP contribution in [0.15, 0.2) is 23.3 Å². The van der Waals surface area contributed by atoms with Gasteiger partial charge in [-0.25, -0.2) is 4.98 Å². The molecule has 2 N–H and O–H groups in total. The summed E-state index contributed by atoms with van der Waals surface area (Å²) < 4.78 is 1.93. The van der Waals surface area contributed by atoms with Gasteiger partial charge in [0.2, 0.25) is 0 Å². The lowest BCUT2D eigenvalue weighted by Crippen LogP contribution is -2.38. The van der Waals surface area contributed by atoms with Crippen molar-refractivity contribution in [1.82, 2.24) is 25.4 Å². The lowest BCUT2D eigenvalue weighted by atomic mass is 10.1. The Hall–Kier alpha value is -2.08. The minimum atomic E-state index is 0.521. The second-order valence-corrected chi connectivity index (χ2v) is 6.34. The quantitative estimate of drug-likeness (QED) is 0.451. The number of nitrogens with zero attached hydrogens (tertiary/aromatic N) is 4. The summed E-state index contributed by atoms with van der Waals surface area (Å²) >= 11 is 5.81. The van der Waals surface area contributed by atoms with Crippen LogP contribution in [0.3, 0.4) is 0 Å². The molecule has 0 spiro atoms. The van der Waals surface area contributed by atoms with E-state index in [1.165, 1.54) is 11.3 Å². The number of aryl methyl sites for hydroxylation is 2. The third-order valence-corrected chi connectivity index (χ3v) is 4.35. The van der Waals surface area contributed by atoms with Crippen LogP contribution in [0, 0.1) is 13.8 Å². The van der Waals surface area contributed by atoms with Gasteiger partial charge in [-0.1, -0.05) is 17.7 Å². The summed E-state index contributed by atoms with van der Waals surface area (Å²) in [5.41, 5.74) is 4.73. The monoisotopic (exact) mass is 362 g/mol. The standard InChI is InChI=1S/C18H27ClN6/c1-5-20-18(21-10-8-15-6-7-17(19)23-12-15)22-11-9-16-13(2)24-25(4)14(16)3/h6-7,12H,5,8-11H2,1-4H3,(H2,20,21,22). The van der Waals surface area contributed by atoms with E-state index in [0.29, 0.717) is 5.15 Å². The van der Waals surface area contributed by atoms with Crippen LogP contribution in [0.25, 0.3) is 0 Å². The molecule has 0 aliphatic carbocycles. The lowest BCUT2D eigenvalue weighted by Gasteiger charge is -2.11. The zero-order valence-corrected chi connectivity index (χ0v) is 16.2. The predicted molar refractivity (Wildman–Crippen MR) is 103 cm³/mol. The highest BCUT2D eigenvalue weighted by molar-refractivity contribution is 6.29. The van der Waals surface area contributed by atoms with Crippen molar-refractivity contribution in [2.75, 3.05) is 19.6 Å². The van der Waals surface area contributed by atoms with E-state index in [0.717, 1.165) is 49.7 Å². The Morgan fingerprint density at radius 3 is 2.64 bits per heavy atom. The molecule has 0 atom stereocenters. The first-order chi connectivity index (χ1) is 12.0. The molecular formula is C18H27ClN6. The van der Waals surface area contributed by atoms with Crippen LogP contribution in [0.1, 0.15) is 29.4 Å². The Kier molecular flexibility index (Phi) is 7.25. The number of aliphatic imine (C=N–C) groups is 1. The van der Waals surface area contributed by atoms with Gasteiger partial charge in [0.15, 0.2) is 5.96 Å². The van der Waals surface area contributed by atoms with Gasteiger partial charge in [-0.2, -0.15) is 5.10 Å². The maximum absolute atomic E-state index is 5.81. The highest BCUT2D eigenvalue weighted by Gasteiger charge is 2.08. The van der Waals surface area contributed by atoms with Gasteiger partial charge in [0, 0.05) is 38.6 Å². The second-order valence-electron chi connectivity index (χ2n) is 5.95. The van der Waals surface area contributed by atoms with E-state index in [-0.39, 0.29) is 0 Å². The van der Waals surface area contributed by atoms with Crippen molar-refractivity contribution in [3.63, 3.8) is 0 Å². The molecule has 0 fully saturated rings. The maximum atomic E-state index is 5.81. The number of hydrogen-bond acceptors (Lipinski definition) is 3. The van der Waals surface area contributed by atoms with Crippen LogP contribution >= 0.6 is 11.6 Å². The average molecular weight is 363 g/mol. The summed E-state index contributed by atoms with van der Waals surface area (Å²) in [5, 5.41) is 11.6. The molecule has 6 nitrogen and oxygen atoms in total. The normalized spacial score (nSPS) is 11.6. The molecule has 136 valence electrons. The third-order valence-electron chi connectivity index (χ3n) is 4.13. The van der Waals surface area contributed by atoms with Crippen LogP contribution in [0.5, 0.6) is 0 Å². The fraction of sp³-hybridized carbons (Fsp3) is 0.500. The Morgan fingerprint density at radius 2 is 2.04 bits per heavy atom. The van der Waals surface area contributed by atoms with Crippen LogP contribution in [-0.4, -0.2) is 40.4 Å². The molecular weight excluding hydrogens is 336 g/mol. The van der Waals surface area contributed by atoms with Crippen molar-refractivity contribution in [2.45, 2.75) is 33.6 Å². The molecule has 0 unspecified atom stereocenters. The van der Waals surface area contributed by atoms with Gasteiger partial charge < -0.3 is 10.6 Å². The smallest absolute Gasteiger partial charge is 0.191 e. The van der Waals surface area contributed by atoms with E-state index in [1.54, 1.807) is 0 Å². The van der Waals surface area contributed by atoms with E-state index in [4.69, 9.17) is 11.6 Å². The zero-order valence-electron chi connectivity index (χ0n) is 15.4. The van der Waals surface area contributed by atoms with Crippen molar-refractivity contribution in [2.24, 2.45) is 12.0 Å². The number of aromatic nitrogens is 3. The third kappa shape index (κ3) is 5.74. The topological polar surface area (TPSA) is 67.1 Å². The summed E-state index contributed by atoms with van der Waals surface area (Å²) in [6.07, 6.45) is 3.57. The van der Waals surface area contributed by atoms with Crippen LogP contribution in [-0.2, 0) is 19.9 Å². The Balaban J connectivity index is 1.86. The largest absolute Gasteiger partial charge is 0.357 e. The van der Waals surface area contributed by atoms with Crippen molar-refractivity contribution in [3.05, 3.63) is 46.0 Å². The summed E-state index contributed by atoms with van der Waals surface area (Å²) in [4.78, 5) is 8.76. The number of hydrogen-bond donors (Lipinski definition) is 2. The molecule has 0 amide bonds. The van der Waals surface area contributed by atoms with E-state index in [2.05, 4.69) is 46.5 Å². The molecule has 25 heavy (non-hydrogen) atoms. The van der Waals surface area contributed by atoms with Gasteiger partial charge in [-0.3, -0.25) is 9.67 Å². The summed E-state index contributed by atoms with van der Waals surface area (Å²) in [7, 11) is 1.98. The van der Waals surface area contributed by atoms with E-state index < -0.39 is 0 Å². The Morgan fingerprint density at radius 1 is 1.24 bits per heavy atom. The molecule has 0 aromatic carbocycles. The van der Waals surface area contributed by atoms with Gasteiger partial charge >= 0.3 is 0 Å². The predicted octanol–water partition coefficient (Wildman–Crippen LogP) is 2.43. The van der Waals surface area contributed by atoms with Gasteiger partial charge in [0.1, 0.15) is 5.15 Å². The Labute approximate surface area is 154 Å². The molecule has 0 aliphatic rings. The molecule has 0 bridgehead atoms. The molecule has 2 aromatic heterocycles. The highest BCUT2D eigenvalue weighted by Crippen LogP contribution is 2.12. The first-order valence-corrected chi connectivity index (χ1v) is 9.00. The van der Waals surface area contributed by atoms with Crippen LogP contribution in [0.2, 0.25) is 5.15 Å². The Bertz CT molecular complexity index is 705. The lowest BCUT2D eigenvalue weighted by molar-refractivity contribution is 0.729. The SMILES string of the molecule is CCNC(=NCCc1c(C)nn(C)c1C)NCCc1ccc(Cl)nc1. The van der Waals surface area contributed by atoms with E-state index in [1.807, 2.05) is 30.1 Å². The molecule has 2 aromatic rings. The van der Waals surface area contributed by atoms with Crippen molar-refractivity contribution in [3.8, 4) is 0 Å². The first kappa shape index (κ1) is 19.2. The van der Waals surface area contributed by atoms with Crippen LogP contribution < -0.4 is 10.6 Å². The summed E-state index contributed by atoms with van der Waals surface area (Å²) in [5.74, 6) is 0.837. The second kappa shape index (κ2) is 9.42. The summed E-state index contributed by atoms with van der Waals surface area (Å²) in [6.45, 7) is 8.57. The first-order valence-electron chi connectivity index (χ1n) is 8.63. The minimum absolute atomic E-state index is 0.521. The number of guanidine groups is 1. The molecule has 0 saturated carbocycles. The van der Waals surface area contributed by atoms with Crippen molar-refractivity contribution in [1.29, 1.82) is 0 Å². The van der Waals surface area contributed by atoms with E-state index in [9.17, 15) is 0 Å². The minimum Gasteiger partial charge on any atom is -0.357 e. The number of nitrogens with one attached hydrogen (secondary N) is 2. The summed E-state index contributed by atoms with van der Waals surface area (Å²) in [6, 6.07) is 3.81. The molecule has 0 saturated heterocycles. The van der Waals surface area contributed by atoms with Crippen molar-refractivity contribution < 1.29 is 0 Å². The average Bonchev–Trinajstić information content (AvgIpc) is 2.82. The van der Waals surface area contributed by atoms with E-state index >= 15 is 0 Å². The molecule has 2 heterocycles.